The van der Waals surface area contributed by atoms with Crippen molar-refractivity contribution in [3.63, 3.8) is 0 Å². The van der Waals surface area contributed by atoms with Crippen LogP contribution in [0.3, 0.4) is 0 Å². The Labute approximate surface area is 132 Å². The summed E-state index contributed by atoms with van der Waals surface area (Å²) >= 11 is 5.11. The maximum atomic E-state index is 5.78. The highest BCUT2D eigenvalue weighted by Gasteiger charge is 2.10. The molecule has 0 bridgehead atoms. The maximum absolute atomic E-state index is 5.78. The molecule has 0 saturated heterocycles. The molecule has 1 aromatic rings. The fraction of sp³-hybridized carbons (Fsp3) is 0.600. The van der Waals surface area contributed by atoms with Gasteiger partial charge in [0.2, 0.25) is 0 Å². The number of aryl methyl sites for hydroxylation is 2. The second kappa shape index (κ2) is 9.65. The molecule has 1 heterocycles. The quantitative estimate of drug-likeness (QED) is 0.510. The van der Waals surface area contributed by atoms with Gasteiger partial charge in [-0.2, -0.15) is 0 Å². The van der Waals surface area contributed by atoms with Gasteiger partial charge in [0.25, 0.3) is 0 Å². The van der Waals surface area contributed by atoms with Crippen molar-refractivity contribution in [3.05, 3.63) is 22.9 Å². The summed E-state index contributed by atoms with van der Waals surface area (Å²) in [5.41, 5.74) is 8.64. The zero-order chi connectivity index (χ0) is 15.7. The zero-order valence-electron chi connectivity index (χ0n) is 13.1. The van der Waals surface area contributed by atoms with E-state index in [1.807, 2.05) is 19.9 Å². The molecule has 0 aliphatic heterocycles. The summed E-state index contributed by atoms with van der Waals surface area (Å²) in [6.45, 7) is 6.81. The Morgan fingerprint density at radius 3 is 2.71 bits per heavy atom. The number of anilines is 1. The number of ether oxygens (including phenoxy) is 2. The fourth-order valence-electron chi connectivity index (χ4n) is 2.06. The highest BCUT2D eigenvalue weighted by Crippen LogP contribution is 2.18. The first-order chi connectivity index (χ1) is 10.1. The van der Waals surface area contributed by atoms with Gasteiger partial charge in [-0.25, -0.2) is 4.98 Å². The molecule has 0 aromatic carbocycles. The van der Waals surface area contributed by atoms with Gasteiger partial charge in [0.1, 0.15) is 10.8 Å². The van der Waals surface area contributed by atoms with Crippen molar-refractivity contribution in [1.29, 1.82) is 0 Å². The minimum Gasteiger partial charge on any atom is -0.389 e. The lowest BCUT2D eigenvalue weighted by Crippen LogP contribution is -2.17. The monoisotopic (exact) mass is 311 g/mol. The van der Waals surface area contributed by atoms with Gasteiger partial charge in [-0.15, -0.1) is 0 Å². The molecule has 3 N–H and O–H groups in total. The molecule has 5 nitrogen and oxygen atoms in total. The molecule has 0 aliphatic carbocycles. The molecule has 118 valence electrons. The summed E-state index contributed by atoms with van der Waals surface area (Å²) < 4.78 is 10.3. The molecule has 1 aromatic heterocycles. The van der Waals surface area contributed by atoms with Gasteiger partial charge in [-0.3, -0.25) is 0 Å². The Morgan fingerprint density at radius 2 is 2.05 bits per heavy atom. The third kappa shape index (κ3) is 6.37. The number of nitrogens with two attached hydrogens (primary N) is 1. The van der Waals surface area contributed by atoms with Crippen molar-refractivity contribution in [2.75, 3.05) is 38.8 Å². The smallest absolute Gasteiger partial charge is 0.136 e. The minimum absolute atomic E-state index is 0.380. The number of unbranched alkanes of at least 4 members (excludes halogenated alkanes) is 1. The number of nitrogens with one attached hydrogen (secondary N) is 1. The molecule has 6 heteroatoms. The largest absolute Gasteiger partial charge is 0.389 e. The number of pyridine rings is 1. The summed E-state index contributed by atoms with van der Waals surface area (Å²) in [5.74, 6) is 0.778. The van der Waals surface area contributed by atoms with E-state index < -0.39 is 0 Å². The summed E-state index contributed by atoms with van der Waals surface area (Å²) in [4.78, 5) is 4.87. The molecule has 0 unspecified atom stereocenters. The highest BCUT2D eigenvalue weighted by molar-refractivity contribution is 7.80. The second-order valence-corrected chi connectivity index (χ2v) is 5.35. The Morgan fingerprint density at radius 1 is 1.29 bits per heavy atom. The summed E-state index contributed by atoms with van der Waals surface area (Å²) in [7, 11) is 1.67. The first-order valence-corrected chi connectivity index (χ1v) is 7.55. The third-order valence-corrected chi connectivity index (χ3v) is 3.23. The number of rotatable bonds is 10. The normalized spacial score (nSPS) is 10.6. The first kappa shape index (κ1) is 17.8. The van der Waals surface area contributed by atoms with Crippen LogP contribution in [0.4, 0.5) is 5.82 Å². The van der Waals surface area contributed by atoms with Crippen LogP contribution < -0.4 is 11.1 Å². The molecule has 0 spiro atoms. The van der Waals surface area contributed by atoms with Gasteiger partial charge in [0.15, 0.2) is 0 Å². The van der Waals surface area contributed by atoms with Crippen molar-refractivity contribution < 1.29 is 9.47 Å². The lowest BCUT2D eigenvalue weighted by atomic mass is 10.1. The number of nitrogens with zero attached hydrogens (tertiary/aromatic N) is 1. The third-order valence-electron chi connectivity index (χ3n) is 3.03. The van der Waals surface area contributed by atoms with Crippen LogP contribution in [-0.2, 0) is 9.47 Å². The zero-order valence-corrected chi connectivity index (χ0v) is 13.9. The van der Waals surface area contributed by atoms with Crippen LogP contribution in [0.1, 0.15) is 29.7 Å². The van der Waals surface area contributed by atoms with Gasteiger partial charge in [0.05, 0.1) is 18.8 Å². The topological polar surface area (TPSA) is 69.4 Å². The maximum Gasteiger partial charge on any atom is 0.136 e. The van der Waals surface area contributed by atoms with Crippen LogP contribution in [0.2, 0.25) is 0 Å². The van der Waals surface area contributed by atoms with E-state index in [2.05, 4.69) is 10.3 Å². The van der Waals surface area contributed by atoms with Crippen molar-refractivity contribution >= 4 is 23.0 Å². The molecule has 0 fully saturated rings. The van der Waals surface area contributed by atoms with Crippen molar-refractivity contribution in [3.8, 4) is 0 Å². The van der Waals surface area contributed by atoms with Crippen LogP contribution in [0.25, 0.3) is 0 Å². The molecule has 1 rings (SSSR count). The predicted octanol–water partition coefficient (Wildman–Crippen LogP) is 2.19. The van der Waals surface area contributed by atoms with Crippen molar-refractivity contribution in [2.45, 2.75) is 26.7 Å². The molecular weight excluding hydrogens is 286 g/mol. The number of hydrogen-bond donors (Lipinski definition) is 2. The van der Waals surface area contributed by atoms with Crippen LogP contribution in [0, 0.1) is 13.8 Å². The van der Waals surface area contributed by atoms with Gasteiger partial charge in [-0.1, -0.05) is 12.2 Å². The summed E-state index contributed by atoms with van der Waals surface area (Å²) in [5, 5.41) is 3.32. The average molecular weight is 311 g/mol. The molecule has 0 aliphatic rings. The van der Waals surface area contributed by atoms with Crippen LogP contribution in [0.15, 0.2) is 6.07 Å². The Hall–Kier alpha value is -1.24. The molecule has 0 saturated carbocycles. The highest BCUT2D eigenvalue weighted by atomic mass is 32.1. The molecule has 0 radical (unpaired) electrons. The lowest BCUT2D eigenvalue weighted by Gasteiger charge is -2.13. The van der Waals surface area contributed by atoms with E-state index >= 15 is 0 Å². The summed E-state index contributed by atoms with van der Waals surface area (Å²) in [6, 6.07) is 1.99. The SMILES string of the molecule is COCCOCCCCNc1nc(C)cc(C)c1C(N)=S. The van der Waals surface area contributed by atoms with Crippen LogP contribution >= 0.6 is 12.2 Å². The Bertz CT molecular complexity index is 466. The van der Waals surface area contributed by atoms with Crippen LogP contribution in [0.5, 0.6) is 0 Å². The average Bonchev–Trinajstić information content (AvgIpc) is 2.40. The van der Waals surface area contributed by atoms with E-state index in [1.54, 1.807) is 7.11 Å². The summed E-state index contributed by atoms with van der Waals surface area (Å²) in [6.07, 6.45) is 1.99. The Balaban J connectivity index is 2.40. The number of thiocarbonyl (C=S) groups is 1. The van der Waals surface area contributed by atoms with Crippen LogP contribution in [-0.4, -0.2) is 43.4 Å². The van der Waals surface area contributed by atoms with Crippen molar-refractivity contribution in [1.82, 2.24) is 4.98 Å². The van der Waals surface area contributed by atoms with Gasteiger partial charge < -0.3 is 20.5 Å². The molecular formula is C15H25N3O2S. The van der Waals surface area contributed by atoms with Gasteiger partial charge in [0, 0.05) is 26.0 Å². The molecule has 0 amide bonds. The second-order valence-electron chi connectivity index (χ2n) is 4.91. The van der Waals surface area contributed by atoms with E-state index in [9.17, 15) is 0 Å². The van der Waals surface area contributed by atoms with E-state index in [0.717, 1.165) is 48.6 Å². The van der Waals surface area contributed by atoms with Gasteiger partial charge >= 0.3 is 0 Å². The predicted molar refractivity (Wildman–Crippen MR) is 90.0 cm³/mol. The first-order valence-electron chi connectivity index (χ1n) is 7.15. The van der Waals surface area contributed by atoms with Gasteiger partial charge in [-0.05, 0) is 38.3 Å². The van der Waals surface area contributed by atoms with E-state index in [1.165, 1.54) is 0 Å². The lowest BCUT2D eigenvalue weighted by molar-refractivity contribution is 0.0691. The standard InChI is InChI=1S/C15H25N3O2S/c1-11-10-12(2)18-15(13(11)14(16)21)17-6-4-5-7-20-9-8-19-3/h10H,4-9H2,1-3H3,(H2,16,21)(H,17,18). The molecule has 0 atom stereocenters. The number of methoxy groups -OCH3 is 1. The minimum atomic E-state index is 0.380. The number of aromatic nitrogens is 1. The molecule has 21 heavy (non-hydrogen) atoms. The van der Waals surface area contributed by atoms with E-state index in [0.29, 0.717) is 18.2 Å². The van der Waals surface area contributed by atoms with Crippen molar-refractivity contribution in [2.24, 2.45) is 5.73 Å². The van der Waals surface area contributed by atoms with E-state index in [4.69, 9.17) is 27.4 Å². The number of hydrogen-bond acceptors (Lipinski definition) is 5. The Kier molecular flexibility index (Phi) is 8.19. The van der Waals surface area contributed by atoms with E-state index in [-0.39, 0.29) is 0 Å². The fourth-order valence-corrected chi connectivity index (χ4v) is 2.31.